The van der Waals surface area contributed by atoms with Crippen LogP contribution in [0.4, 0.5) is 0 Å². The Balaban J connectivity index is 2.18. The molecule has 18 heavy (non-hydrogen) atoms. The second-order valence-corrected chi connectivity index (χ2v) is 4.50. The first-order chi connectivity index (χ1) is 8.69. The van der Waals surface area contributed by atoms with Gasteiger partial charge < -0.3 is 11.5 Å². The quantitative estimate of drug-likeness (QED) is 0.787. The highest BCUT2D eigenvalue weighted by atomic mass is 15.1. The van der Waals surface area contributed by atoms with E-state index in [0.717, 1.165) is 16.3 Å². The molecule has 0 spiro atoms. The molecule has 0 radical (unpaired) electrons. The SMILES string of the molecule is NC1=NCC(N)(c2cccc3ccccc23)C=N1. The minimum absolute atomic E-state index is 0.288. The molecule has 1 aliphatic rings. The van der Waals surface area contributed by atoms with Crippen LogP contribution in [0, 0.1) is 0 Å². The maximum Gasteiger partial charge on any atom is 0.215 e. The van der Waals surface area contributed by atoms with Crippen LogP contribution in [0.1, 0.15) is 5.56 Å². The highest BCUT2D eigenvalue weighted by Crippen LogP contribution is 2.27. The lowest BCUT2D eigenvalue weighted by atomic mass is 9.87. The number of nitrogens with two attached hydrogens (primary N) is 2. The van der Waals surface area contributed by atoms with Crippen LogP contribution in [-0.4, -0.2) is 18.7 Å². The molecule has 0 amide bonds. The van der Waals surface area contributed by atoms with Crippen molar-refractivity contribution in [2.75, 3.05) is 6.54 Å². The monoisotopic (exact) mass is 238 g/mol. The number of aliphatic imine (C=N–C) groups is 2. The lowest BCUT2D eigenvalue weighted by Gasteiger charge is -2.27. The topological polar surface area (TPSA) is 76.8 Å². The van der Waals surface area contributed by atoms with Gasteiger partial charge in [0.1, 0.15) is 0 Å². The molecule has 2 aromatic rings. The maximum absolute atomic E-state index is 6.40. The van der Waals surface area contributed by atoms with Gasteiger partial charge >= 0.3 is 0 Å². The van der Waals surface area contributed by atoms with Crippen LogP contribution in [0.5, 0.6) is 0 Å². The smallest absolute Gasteiger partial charge is 0.215 e. The van der Waals surface area contributed by atoms with Crippen LogP contribution >= 0.6 is 0 Å². The Morgan fingerprint density at radius 3 is 2.61 bits per heavy atom. The Labute approximate surface area is 105 Å². The fourth-order valence-corrected chi connectivity index (χ4v) is 2.26. The second kappa shape index (κ2) is 3.92. The zero-order valence-electron chi connectivity index (χ0n) is 9.88. The Hall–Kier alpha value is -2.20. The molecule has 4 N–H and O–H groups in total. The third-order valence-electron chi connectivity index (χ3n) is 3.22. The number of benzene rings is 2. The predicted molar refractivity (Wildman–Crippen MR) is 74.8 cm³/mol. The molecule has 0 fully saturated rings. The number of fused-ring (bicyclic) bond motifs is 1. The molecular weight excluding hydrogens is 224 g/mol. The number of hydrogen-bond acceptors (Lipinski definition) is 4. The van der Waals surface area contributed by atoms with Crippen molar-refractivity contribution in [2.45, 2.75) is 5.54 Å². The number of hydrogen-bond donors (Lipinski definition) is 2. The van der Waals surface area contributed by atoms with Crippen molar-refractivity contribution in [3.63, 3.8) is 0 Å². The van der Waals surface area contributed by atoms with E-state index in [-0.39, 0.29) is 5.96 Å². The zero-order valence-corrected chi connectivity index (χ0v) is 9.88. The van der Waals surface area contributed by atoms with Gasteiger partial charge in [-0.25, -0.2) is 9.98 Å². The van der Waals surface area contributed by atoms with Gasteiger partial charge in [-0.1, -0.05) is 42.5 Å². The standard InChI is InChI=1S/C14H14N4/c15-13-17-8-14(16,9-18-13)12-7-3-5-10-4-1-2-6-11(10)12/h1-8H,9,16H2,(H2,15,18). The Kier molecular flexibility index (Phi) is 2.38. The van der Waals surface area contributed by atoms with Crippen molar-refractivity contribution >= 4 is 22.9 Å². The molecule has 0 aliphatic carbocycles. The minimum Gasteiger partial charge on any atom is -0.368 e. The number of nitrogens with zero attached hydrogens (tertiary/aromatic N) is 2. The third-order valence-corrected chi connectivity index (χ3v) is 3.22. The summed E-state index contributed by atoms with van der Waals surface area (Å²) >= 11 is 0. The summed E-state index contributed by atoms with van der Waals surface area (Å²) in [6.07, 6.45) is 1.69. The maximum atomic E-state index is 6.40. The highest BCUT2D eigenvalue weighted by molar-refractivity contribution is 5.96. The molecule has 0 aromatic heterocycles. The molecule has 90 valence electrons. The van der Waals surface area contributed by atoms with Gasteiger partial charge in [-0.05, 0) is 16.3 Å². The molecule has 0 saturated carbocycles. The summed E-state index contributed by atoms with van der Waals surface area (Å²) in [7, 11) is 0. The molecule has 1 unspecified atom stereocenters. The van der Waals surface area contributed by atoms with Crippen molar-refractivity contribution in [2.24, 2.45) is 21.5 Å². The van der Waals surface area contributed by atoms with Crippen LogP contribution in [0.15, 0.2) is 52.4 Å². The summed E-state index contributed by atoms with van der Waals surface area (Å²) in [6, 6.07) is 14.2. The van der Waals surface area contributed by atoms with Crippen molar-refractivity contribution in [3.05, 3.63) is 48.0 Å². The van der Waals surface area contributed by atoms with Crippen LogP contribution < -0.4 is 11.5 Å². The molecular formula is C14H14N4. The van der Waals surface area contributed by atoms with Crippen molar-refractivity contribution in [1.29, 1.82) is 0 Å². The third kappa shape index (κ3) is 1.67. The molecule has 2 aromatic carbocycles. The van der Waals surface area contributed by atoms with E-state index in [9.17, 15) is 0 Å². The summed E-state index contributed by atoms with van der Waals surface area (Å²) in [4.78, 5) is 8.18. The molecule has 3 rings (SSSR count). The van der Waals surface area contributed by atoms with Crippen LogP contribution in [-0.2, 0) is 5.54 Å². The first-order valence-corrected chi connectivity index (χ1v) is 5.81. The molecule has 0 bridgehead atoms. The lowest BCUT2D eigenvalue weighted by molar-refractivity contribution is 0.627. The average Bonchev–Trinajstić information content (AvgIpc) is 2.42. The van der Waals surface area contributed by atoms with Gasteiger partial charge in [0.05, 0.1) is 12.1 Å². The van der Waals surface area contributed by atoms with E-state index in [2.05, 4.69) is 28.2 Å². The highest BCUT2D eigenvalue weighted by Gasteiger charge is 2.29. The molecule has 4 nitrogen and oxygen atoms in total. The van der Waals surface area contributed by atoms with E-state index in [4.69, 9.17) is 11.5 Å². The van der Waals surface area contributed by atoms with Crippen LogP contribution in [0.3, 0.4) is 0 Å². The second-order valence-electron chi connectivity index (χ2n) is 4.50. The van der Waals surface area contributed by atoms with E-state index in [1.165, 1.54) is 0 Å². The van der Waals surface area contributed by atoms with E-state index in [0.29, 0.717) is 6.54 Å². The molecule has 4 heteroatoms. The van der Waals surface area contributed by atoms with E-state index < -0.39 is 5.54 Å². The van der Waals surface area contributed by atoms with E-state index >= 15 is 0 Å². The van der Waals surface area contributed by atoms with Crippen molar-refractivity contribution < 1.29 is 0 Å². The summed E-state index contributed by atoms with van der Waals surface area (Å²) in [6.45, 7) is 0.427. The van der Waals surface area contributed by atoms with Gasteiger partial charge in [0.2, 0.25) is 5.96 Å². The zero-order chi connectivity index (χ0) is 12.6. The van der Waals surface area contributed by atoms with Gasteiger partial charge in [-0.3, -0.25) is 0 Å². The first-order valence-electron chi connectivity index (χ1n) is 5.81. The largest absolute Gasteiger partial charge is 0.368 e. The number of guanidine groups is 1. The molecule has 0 saturated heterocycles. The summed E-state index contributed by atoms with van der Waals surface area (Å²) in [5.74, 6) is 0.288. The normalized spacial score (nSPS) is 23.1. The van der Waals surface area contributed by atoms with Gasteiger partial charge in [-0.2, -0.15) is 0 Å². The molecule has 1 aliphatic heterocycles. The average molecular weight is 238 g/mol. The molecule has 1 atom stereocenters. The van der Waals surface area contributed by atoms with Crippen LogP contribution in [0.25, 0.3) is 10.8 Å². The molecule has 1 heterocycles. The Morgan fingerprint density at radius 2 is 1.83 bits per heavy atom. The predicted octanol–water partition coefficient (Wildman–Crippen LogP) is 1.39. The van der Waals surface area contributed by atoms with Crippen LogP contribution in [0.2, 0.25) is 0 Å². The fourth-order valence-electron chi connectivity index (χ4n) is 2.26. The minimum atomic E-state index is -0.677. The summed E-state index contributed by atoms with van der Waals surface area (Å²) < 4.78 is 0. The van der Waals surface area contributed by atoms with Gasteiger partial charge in [-0.15, -0.1) is 0 Å². The Bertz CT molecular complexity index is 654. The van der Waals surface area contributed by atoms with Gasteiger partial charge in [0, 0.05) is 6.21 Å². The number of rotatable bonds is 1. The first kappa shape index (κ1) is 10.9. The fraction of sp³-hybridized carbons (Fsp3) is 0.143. The van der Waals surface area contributed by atoms with Crippen molar-refractivity contribution in [1.82, 2.24) is 0 Å². The van der Waals surface area contributed by atoms with Crippen molar-refractivity contribution in [3.8, 4) is 0 Å². The van der Waals surface area contributed by atoms with Gasteiger partial charge in [0.15, 0.2) is 0 Å². The summed E-state index contributed by atoms with van der Waals surface area (Å²) in [5, 5.41) is 2.29. The van der Waals surface area contributed by atoms with Gasteiger partial charge in [0.25, 0.3) is 0 Å². The van der Waals surface area contributed by atoms with E-state index in [1.807, 2.05) is 24.3 Å². The Morgan fingerprint density at radius 1 is 1.06 bits per heavy atom. The van der Waals surface area contributed by atoms with E-state index in [1.54, 1.807) is 6.21 Å². The summed E-state index contributed by atoms with van der Waals surface area (Å²) in [5.41, 5.74) is 12.3. The lowest BCUT2D eigenvalue weighted by Crippen LogP contribution is -2.44.